The summed E-state index contributed by atoms with van der Waals surface area (Å²) in [7, 11) is 3.24. The summed E-state index contributed by atoms with van der Waals surface area (Å²) in [6, 6.07) is 13.2. The third kappa shape index (κ3) is 3.45. The van der Waals surface area contributed by atoms with Gasteiger partial charge in [0.1, 0.15) is 17.2 Å². The standard InChI is InChI=1S/C25H29N3O4/c1-31-18-9-10-22(32-2)16(11-18)14-26-23(29)20-12-17-8-7-15(20)13-25(17)27-21-6-4-3-5-19(21)24(30)28-25/h3-6,9-11,15,17,20,27H,7-8,12-14H2,1-2H3,(H,26,29)(H,28,30)/t15-,17+,20+,25-/m1/s1. The number of hydrogen-bond acceptors (Lipinski definition) is 5. The maximum atomic E-state index is 13.2. The van der Waals surface area contributed by atoms with Gasteiger partial charge in [-0.05, 0) is 61.9 Å². The lowest BCUT2D eigenvalue weighted by atomic mass is 9.58. The van der Waals surface area contributed by atoms with Crippen LogP contribution in [0.5, 0.6) is 11.5 Å². The maximum absolute atomic E-state index is 13.2. The number of amides is 2. The topological polar surface area (TPSA) is 88.7 Å². The quantitative estimate of drug-likeness (QED) is 0.671. The van der Waals surface area contributed by atoms with E-state index in [1.165, 1.54) is 0 Å². The Hall–Kier alpha value is -3.22. The Bertz CT molecular complexity index is 1060. The summed E-state index contributed by atoms with van der Waals surface area (Å²) in [5.74, 6) is 1.89. The summed E-state index contributed by atoms with van der Waals surface area (Å²) in [4.78, 5) is 25.9. The van der Waals surface area contributed by atoms with Crippen LogP contribution in [-0.2, 0) is 11.3 Å². The molecule has 0 aromatic heterocycles. The minimum Gasteiger partial charge on any atom is -0.497 e. The number of rotatable bonds is 5. The van der Waals surface area contributed by atoms with Crippen molar-refractivity contribution in [3.8, 4) is 11.5 Å². The summed E-state index contributed by atoms with van der Waals surface area (Å²) in [6.45, 7) is 0.389. The number of fused-ring (bicyclic) bond motifs is 3. The Balaban J connectivity index is 1.29. The van der Waals surface area contributed by atoms with E-state index in [2.05, 4.69) is 16.0 Å². The second-order valence-electron chi connectivity index (χ2n) is 9.07. The van der Waals surface area contributed by atoms with E-state index in [0.29, 0.717) is 12.1 Å². The van der Waals surface area contributed by atoms with E-state index in [0.717, 1.165) is 48.4 Å². The predicted octanol–water partition coefficient (Wildman–Crippen LogP) is 3.31. The Labute approximate surface area is 187 Å². The zero-order chi connectivity index (χ0) is 22.3. The average molecular weight is 436 g/mol. The molecule has 3 aliphatic carbocycles. The summed E-state index contributed by atoms with van der Waals surface area (Å²) in [6.07, 6.45) is 3.54. The van der Waals surface area contributed by atoms with Gasteiger partial charge in [0.25, 0.3) is 5.91 Å². The number of hydrogen-bond donors (Lipinski definition) is 3. The molecule has 1 spiro atoms. The van der Waals surface area contributed by atoms with E-state index in [4.69, 9.17) is 9.47 Å². The highest BCUT2D eigenvalue weighted by Crippen LogP contribution is 2.51. The van der Waals surface area contributed by atoms with Crippen molar-refractivity contribution in [2.24, 2.45) is 17.8 Å². The van der Waals surface area contributed by atoms with E-state index in [-0.39, 0.29) is 29.6 Å². The third-order valence-corrected chi connectivity index (χ3v) is 7.42. The van der Waals surface area contributed by atoms with Gasteiger partial charge in [-0.3, -0.25) is 9.59 Å². The number of ether oxygens (including phenoxy) is 2. The Morgan fingerprint density at radius 2 is 1.97 bits per heavy atom. The van der Waals surface area contributed by atoms with E-state index in [1.54, 1.807) is 14.2 Å². The molecule has 0 unspecified atom stereocenters. The van der Waals surface area contributed by atoms with E-state index in [1.807, 2.05) is 42.5 Å². The second-order valence-corrected chi connectivity index (χ2v) is 9.07. The highest BCUT2D eigenvalue weighted by Gasteiger charge is 2.55. The molecule has 3 saturated carbocycles. The number of carbonyl (C=O) groups excluding carboxylic acids is 2. The Kier molecular flexibility index (Phi) is 5.19. The fourth-order valence-corrected chi connectivity index (χ4v) is 5.80. The molecule has 2 bridgehead atoms. The number of methoxy groups -OCH3 is 2. The van der Waals surface area contributed by atoms with Crippen molar-refractivity contribution in [2.45, 2.75) is 37.9 Å². The van der Waals surface area contributed by atoms with Crippen LogP contribution in [0.1, 0.15) is 41.6 Å². The first-order valence-corrected chi connectivity index (χ1v) is 11.2. The van der Waals surface area contributed by atoms with Gasteiger partial charge >= 0.3 is 0 Å². The van der Waals surface area contributed by atoms with Crippen molar-refractivity contribution in [3.63, 3.8) is 0 Å². The van der Waals surface area contributed by atoms with Gasteiger partial charge in [0.15, 0.2) is 0 Å². The van der Waals surface area contributed by atoms with Crippen LogP contribution < -0.4 is 25.4 Å². The third-order valence-electron chi connectivity index (χ3n) is 7.42. The van der Waals surface area contributed by atoms with Crippen molar-refractivity contribution in [1.29, 1.82) is 0 Å². The van der Waals surface area contributed by atoms with Gasteiger partial charge in [0.05, 0.1) is 19.8 Å². The van der Waals surface area contributed by atoms with Crippen LogP contribution in [0.4, 0.5) is 5.69 Å². The summed E-state index contributed by atoms with van der Waals surface area (Å²) in [5, 5.41) is 9.99. The molecular formula is C25H29N3O4. The SMILES string of the molecule is COc1ccc(OC)c(CNC(=O)[C@H]2C[C@@H]3CC[C@@H]2C[C@@]32NC(=O)c3ccccc3N2)c1. The fraction of sp³-hybridized carbons (Fsp3) is 0.440. The first-order valence-electron chi connectivity index (χ1n) is 11.2. The van der Waals surface area contributed by atoms with Gasteiger partial charge < -0.3 is 25.4 Å². The zero-order valence-electron chi connectivity index (χ0n) is 18.4. The first-order chi connectivity index (χ1) is 15.5. The molecule has 4 aliphatic rings. The number of anilines is 1. The molecule has 0 radical (unpaired) electrons. The minimum absolute atomic E-state index is 0.0296. The first kappa shape index (κ1) is 20.7. The van der Waals surface area contributed by atoms with Gasteiger partial charge in [0.2, 0.25) is 5.91 Å². The lowest BCUT2D eigenvalue weighted by molar-refractivity contribution is -0.132. The molecule has 4 atom stereocenters. The van der Waals surface area contributed by atoms with Crippen molar-refractivity contribution >= 4 is 17.5 Å². The molecule has 2 aromatic rings. The molecule has 6 rings (SSSR count). The molecule has 2 aromatic carbocycles. The van der Waals surface area contributed by atoms with Crippen molar-refractivity contribution in [1.82, 2.24) is 10.6 Å². The van der Waals surface area contributed by atoms with Crippen LogP contribution >= 0.6 is 0 Å². The van der Waals surface area contributed by atoms with Crippen LogP contribution in [0.3, 0.4) is 0 Å². The normalized spacial score (nSPS) is 27.8. The second kappa shape index (κ2) is 8.04. The fourth-order valence-electron chi connectivity index (χ4n) is 5.80. The van der Waals surface area contributed by atoms with Gasteiger partial charge in [0, 0.05) is 29.6 Å². The van der Waals surface area contributed by atoms with Crippen molar-refractivity contribution in [3.05, 3.63) is 53.6 Å². The molecule has 2 amide bonds. The highest BCUT2D eigenvalue weighted by atomic mass is 16.5. The molecular weight excluding hydrogens is 406 g/mol. The zero-order valence-corrected chi connectivity index (χ0v) is 18.4. The molecule has 1 aliphatic heterocycles. The predicted molar refractivity (Wildman–Crippen MR) is 121 cm³/mol. The Morgan fingerprint density at radius 3 is 2.72 bits per heavy atom. The molecule has 0 saturated heterocycles. The van der Waals surface area contributed by atoms with Crippen LogP contribution in [0.15, 0.2) is 42.5 Å². The molecule has 7 nitrogen and oxygen atoms in total. The van der Waals surface area contributed by atoms with E-state index < -0.39 is 5.66 Å². The number of nitrogens with one attached hydrogen (secondary N) is 3. The number of carbonyl (C=O) groups is 2. The van der Waals surface area contributed by atoms with Gasteiger partial charge in [-0.25, -0.2) is 0 Å². The maximum Gasteiger partial charge on any atom is 0.255 e. The lowest BCUT2D eigenvalue weighted by Crippen LogP contribution is -2.68. The van der Waals surface area contributed by atoms with E-state index >= 15 is 0 Å². The van der Waals surface area contributed by atoms with Crippen LogP contribution in [0.2, 0.25) is 0 Å². The summed E-state index contributed by atoms with van der Waals surface area (Å²) in [5.41, 5.74) is 1.99. The molecule has 1 heterocycles. The highest BCUT2D eigenvalue weighted by molar-refractivity contribution is 6.02. The van der Waals surface area contributed by atoms with Gasteiger partial charge in [-0.15, -0.1) is 0 Å². The summed E-state index contributed by atoms with van der Waals surface area (Å²) < 4.78 is 10.7. The van der Waals surface area contributed by atoms with E-state index in [9.17, 15) is 9.59 Å². The molecule has 3 fully saturated rings. The van der Waals surface area contributed by atoms with Crippen LogP contribution in [0, 0.1) is 17.8 Å². The monoisotopic (exact) mass is 435 g/mol. The van der Waals surface area contributed by atoms with Gasteiger partial charge in [-0.1, -0.05) is 12.1 Å². The van der Waals surface area contributed by atoms with Crippen LogP contribution in [-0.4, -0.2) is 31.7 Å². The average Bonchev–Trinajstić information content (AvgIpc) is 2.82. The molecule has 168 valence electrons. The minimum atomic E-state index is -0.457. The lowest BCUT2D eigenvalue weighted by Gasteiger charge is -2.56. The summed E-state index contributed by atoms with van der Waals surface area (Å²) >= 11 is 0. The van der Waals surface area contributed by atoms with Crippen LogP contribution in [0.25, 0.3) is 0 Å². The molecule has 32 heavy (non-hydrogen) atoms. The van der Waals surface area contributed by atoms with Gasteiger partial charge in [-0.2, -0.15) is 0 Å². The molecule has 7 heteroatoms. The van der Waals surface area contributed by atoms with Crippen molar-refractivity contribution < 1.29 is 19.1 Å². The van der Waals surface area contributed by atoms with Crippen molar-refractivity contribution in [2.75, 3.05) is 19.5 Å². The largest absolute Gasteiger partial charge is 0.497 e. The smallest absolute Gasteiger partial charge is 0.255 e. The number of benzene rings is 2. The molecule has 3 N–H and O–H groups in total. The Morgan fingerprint density at radius 1 is 1.12 bits per heavy atom. The number of para-hydroxylation sites is 1.